The normalized spacial score (nSPS) is 15.4. The highest BCUT2D eigenvalue weighted by Crippen LogP contribution is 2.25. The predicted molar refractivity (Wildman–Crippen MR) is 92.0 cm³/mol. The minimum atomic E-state index is -4.84. The fourth-order valence-electron chi connectivity index (χ4n) is 2.67. The van der Waals surface area contributed by atoms with E-state index in [1.807, 2.05) is 4.90 Å². The van der Waals surface area contributed by atoms with Crippen molar-refractivity contribution in [1.82, 2.24) is 9.97 Å². The van der Waals surface area contributed by atoms with E-state index in [1.165, 1.54) is 18.8 Å². The molecule has 1 aromatic heterocycles. The largest absolute Gasteiger partial charge is 0.573 e. The van der Waals surface area contributed by atoms with E-state index in [0.717, 1.165) is 50.2 Å². The summed E-state index contributed by atoms with van der Waals surface area (Å²) in [4.78, 5) is 10.2. The van der Waals surface area contributed by atoms with Gasteiger partial charge in [-0.3, -0.25) is 4.72 Å². The number of benzene rings is 1. The minimum absolute atomic E-state index is 0.159. The zero-order valence-electron chi connectivity index (χ0n) is 14.1. The molecule has 146 valence electrons. The highest BCUT2D eigenvalue weighted by Gasteiger charge is 2.31. The van der Waals surface area contributed by atoms with Gasteiger partial charge in [0.25, 0.3) is 10.0 Å². The average molecular weight is 402 g/mol. The number of hydrogen-bond acceptors (Lipinski definition) is 6. The van der Waals surface area contributed by atoms with Crippen LogP contribution in [0.15, 0.2) is 41.6 Å². The molecule has 0 amide bonds. The number of ether oxygens (including phenoxy) is 1. The van der Waals surface area contributed by atoms with Crippen LogP contribution >= 0.6 is 0 Å². The summed E-state index contributed by atoms with van der Waals surface area (Å²) < 4.78 is 67.2. The molecule has 0 spiro atoms. The zero-order valence-corrected chi connectivity index (χ0v) is 14.9. The van der Waals surface area contributed by atoms with Gasteiger partial charge in [-0.2, -0.15) is 0 Å². The van der Waals surface area contributed by atoms with E-state index in [9.17, 15) is 21.6 Å². The van der Waals surface area contributed by atoms with Crippen LogP contribution in [-0.2, 0) is 10.0 Å². The molecule has 1 N–H and O–H groups in total. The molecule has 2 heterocycles. The molecule has 1 aromatic carbocycles. The van der Waals surface area contributed by atoms with Crippen LogP contribution in [0.25, 0.3) is 0 Å². The van der Waals surface area contributed by atoms with E-state index in [1.54, 1.807) is 0 Å². The van der Waals surface area contributed by atoms with Crippen molar-refractivity contribution >= 4 is 21.7 Å². The number of nitrogens with one attached hydrogen (secondary N) is 1. The Balaban J connectivity index is 1.68. The van der Waals surface area contributed by atoms with E-state index in [4.69, 9.17) is 0 Å². The first-order valence-corrected chi connectivity index (χ1v) is 9.67. The van der Waals surface area contributed by atoms with Crippen molar-refractivity contribution in [2.75, 3.05) is 22.7 Å². The summed E-state index contributed by atoms with van der Waals surface area (Å²) in [6.07, 6.45) is 1.16. The zero-order chi connectivity index (χ0) is 19.5. The lowest BCUT2D eigenvalue weighted by molar-refractivity contribution is -0.274. The topological polar surface area (TPSA) is 84.4 Å². The highest BCUT2D eigenvalue weighted by molar-refractivity contribution is 7.92. The molecule has 0 saturated carbocycles. The second-order valence-corrected chi connectivity index (χ2v) is 7.63. The predicted octanol–water partition coefficient (Wildman–Crippen LogP) is 3.17. The minimum Gasteiger partial charge on any atom is -0.406 e. The van der Waals surface area contributed by atoms with Gasteiger partial charge in [0.15, 0.2) is 0 Å². The molecule has 11 heteroatoms. The summed E-state index contributed by atoms with van der Waals surface area (Å²) in [6.45, 7) is 1.72. The number of sulfonamides is 1. The van der Waals surface area contributed by atoms with Gasteiger partial charge in [0.05, 0.1) is 23.0 Å². The molecule has 27 heavy (non-hydrogen) atoms. The monoisotopic (exact) mass is 402 g/mol. The van der Waals surface area contributed by atoms with Gasteiger partial charge in [-0.05, 0) is 43.5 Å². The van der Waals surface area contributed by atoms with E-state index in [2.05, 4.69) is 19.4 Å². The molecule has 7 nitrogen and oxygen atoms in total. The molecule has 0 aliphatic carbocycles. The van der Waals surface area contributed by atoms with Crippen molar-refractivity contribution in [2.45, 2.75) is 30.5 Å². The Morgan fingerprint density at radius 1 is 1.00 bits per heavy atom. The van der Waals surface area contributed by atoms with Crippen molar-refractivity contribution in [3.05, 3.63) is 36.7 Å². The molecule has 0 unspecified atom stereocenters. The summed E-state index contributed by atoms with van der Waals surface area (Å²) in [5.41, 5.74) is 0.159. The average Bonchev–Trinajstić information content (AvgIpc) is 2.62. The molecular weight excluding hydrogens is 385 g/mol. The van der Waals surface area contributed by atoms with Gasteiger partial charge in [0.1, 0.15) is 5.75 Å². The fourth-order valence-corrected chi connectivity index (χ4v) is 3.69. The number of rotatable bonds is 5. The second kappa shape index (κ2) is 7.59. The van der Waals surface area contributed by atoms with Crippen molar-refractivity contribution < 1.29 is 26.3 Å². The summed E-state index contributed by atoms with van der Waals surface area (Å²) >= 11 is 0. The van der Waals surface area contributed by atoms with Crippen molar-refractivity contribution in [3.8, 4) is 5.75 Å². The molecule has 1 saturated heterocycles. The van der Waals surface area contributed by atoms with Crippen molar-refractivity contribution in [3.63, 3.8) is 0 Å². The first kappa shape index (κ1) is 19.2. The number of alkyl halides is 3. The maximum atomic E-state index is 12.3. The lowest BCUT2D eigenvalue weighted by Crippen LogP contribution is -2.30. The molecule has 0 radical (unpaired) electrons. The third kappa shape index (κ3) is 5.22. The Bertz CT molecular complexity index is 865. The number of halogens is 3. The lowest BCUT2D eigenvalue weighted by atomic mass is 10.1. The van der Waals surface area contributed by atoms with E-state index >= 15 is 0 Å². The van der Waals surface area contributed by atoms with Crippen LogP contribution in [0.1, 0.15) is 19.3 Å². The third-order valence-electron chi connectivity index (χ3n) is 3.90. The van der Waals surface area contributed by atoms with Crippen molar-refractivity contribution in [2.24, 2.45) is 0 Å². The Morgan fingerprint density at radius 3 is 2.15 bits per heavy atom. The SMILES string of the molecule is O=S(=O)(Nc1cnc(N2CCCCC2)nc1)c1ccc(OC(F)(F)F)cc1. The summed E-state index contributed by atoms with van der Waals surface area (Å²) in [5, 5.41) is 0. The van der Waals surface area contributed by atoms with E-state index in [0.29, 0.717) is 5.95 Å². The molecule has 0 bridgehead atoms. The van der Waals surface area contributed by atoms with Gasteiger partial charge < -0.3 is 9.64 Å². The molecule has 1 aliphatic rings. The number of nitrogens with zero attached hydrogens (tertiary/aromatic N) is 3. The first-order valence-electron chi connectivity index (χ1n) is 8.19. The van der Waals surface area contributed by atoms with Crippen LogP contribution in [0.4, 0.5) is 24.8 Å². The number of piperidine rings is 1. The van der Waals surface area contributed by atoms with Gasteiger partial charge in [-0.25, -0.2) is 18.4 Å². The Kier molecular flexibility index (Phi) is 5.40. The molecule has 1 aliphatic heterocycles. The van der Waals surface area contributed by atoms with E-state index < -0.39 is 22.1 Å². The van der Waals surface area contributed by atoms with Crippen LogP contribution in [0, 0.1) is 0 Å². The summed E-state index contributed by atoms with van der Waals surface area (Å²) in [6, 6.07) is 3.90. The highest BCUT2D eigenvalue weighted by atomic mass is 32.2. The molecule has 1 fully saturated rings. The smallest absolute Gasteiger partial charge is 0.406 e. The van der Waals surface area contributed by atoms with E-state index in [-0.39, 0.29) is 10.6 Å². The van der Waals surface area contributed by atoms with Gasteiger partial charge in [0.2, 0.25) is 5.95 Å². The quantitative estimate of drug-likeness (QED) is 0.827. The van der Waals surface area contributed by atoms with Crippen LogP contribution in [0.3, 0.4) is 0 Å². The van der Waals surface area contributed by atoms with Crippen molar-refractivity contribution in [1.29, 1.82) is 0 Å². The van der Waals surface area contributed by atoms with Gasteiger partial charge in [-0.1, -0.05) is 0 Å². The summed E-state index contributed by atoms with van der Waals surface area (Å²) in [7, 11) is -3.99. The maximum absolute atomic E-state index is 12.3. The maximum Gasteiger partial charge on any atom is 0.573 e. The van der Waals surface area contributed by atoms with Crippen LogP contribution in [0.5, 0.6) is 5.75 Å². The fraction of sp³-hybridized carbons (Fsp3) is 0.375. The third-order valence-corrected chi connectivity index (χ3v) is 5.29. The van der Waals surface area contributed by atoms with Crippen LogP contribution in [-0.4, -0.2) is 37.8 Å². The molecule has 0 atom stereocenters. The Morgan fingerprint density at radius 2 is 1.59 bits per heavy atom. The summed E-state index contributed by atoms with van der Waals surface area (Å²) in [5.74, 6) is 0.0296. The standard InChI is InChI=1S/C16H17F3N4O3S/c17-16(18,19)26-13-4-6-14(7-5-13)27(24,25)22-12-10-20-15(21-11-12)23-8-2-1-3-9-23/h4-7,10-11,22H,1-3,8-9H2. The Labute approximate surface area is 154 Å². The van der Waals surface area contributed by atoms with Crippen LogP contribution in [0.2, 0.25) is 0 Å². The van der Waals surface area contributed by atoms with Gasteiger partial charge >= 0.3 is 6.36 Å². The number of hydrogen-bond donors (Lipinski definition) is 1. The molecule has 3 rings (SSSR count). The number of anilines is 2. The molecule has 2 aromatic rings. The molecular formula is C16H17F3N4O3S. The van der Waals surface area contributed by atoms with Crippen LogP contribution < -0.4 is 14.4 Å². The first-order chi connectivity index (χ1) is 12.7. The number of aromatic nitrogens is 2. The van der Waals surface area contributed by atoms with Gasteiger partial charge in [0, 0.05) is 13.1 Å². The van der Waals surface area contributed by atoms with Gasteiger partial charge in [-0.15, -0.1) is 13.2 Å². The Hall–Kier alpha value is -2.56. The second-order valence-electron chi connectivity index (χ2n) is 5.94. The lowest BCUT2D eigenvalue weighted by Gasteiger charge is -2.26.